The van der Waals surface area contributed by atoms with Crippen LogP contribution in [0.3, 0.4) is 0 Å². The molecule has 0 heterocycles. The highest BCUT2D eigenvalue weighted by molar-refractivity contribution is 6.61. The first-order chi connectivity index (χ1) is 28.9. The quantitative estimate of drug-likeness (QED) is 0.0331. The van der Waals surface area contributed by atoms with Crippen LogP contribution in [0.15, 0.2) is 0 Å². The fourth-order valence-electron chi connectivity index (χ4n) is 6.89. The summed E-state index contributed by atoms with van der Waals surface area (Å²) in [5.74, 6) is -8.71. The smallest absolute Gasteiger partial charge is 0.377 e. The fraction of sp³-hybridized carbons (Fsp3) is 1.00. The van der Waals surface area contributed by atoms with E-state index in [0.29, 0.717) is 63.1 Å². The van der Waals surface area contributed by atoms with Crippen LogP contribution in [0.1, 0.15) is 70.6 Å². The molecule has 0 N–H and O–H groups in total. The second-order valence-electron chi connectivity index (χ2n) is 14.6. The van der Waals surface area contributed by atoms with Crippen LogP contribution in [-0.2, 0) is 58.8 Å². The number of alkyl halides is 13. The topological polar surface area (TPSA) is 120 Å². The maximum atomic E-state index is 15.2. The van der Waals surface area contributed by atoms with E-state index in [9.17, 15) is 48.3 Å². The zero-order chi connectivity index (χ0) is 48.9. The molecule has 0 aromatic carbocycles. The minimum Gasteiger partial charge on any atom is -0.377 e. The summed E-state index contributed by atoms with van der Waals surface area (Å²) < 4.78 is 240. The van der Waals surface area contributed by atoms with Crippen molar-refractivity contribution in [1.82, 2.24) is 0 Å². The molecular weight excluding hydrogens is 948 g/mol. The number of halogens is 13. The first kappa shape index (κ1) is 62.2. The largest absolute Gasteiger partial charge is 0.527 e. The molecule has 0 saturated heterocycles. The van der Waals surface area contributed by atoms with E-state index in [1.54, 1.807) is 0 Å². The maximum absolute atomic E-state index is 15.2. The van der Waals surface area contributed by atoms with Gasteiger partial charge in [0.15, 0.2) is 0 Å². The predicted molar refractivity (Wildman–Crippen MR) is 203 cm³/mol. The summed E-state index contributed by atoms with van der Waals surface area (Å²) in [6.45, 7) is -8.81. The summed E-state index contributed by atoms with van der Waals surface area (Å²) in [7, 11) is 4.00. The van der Waals surface area contributed by atoms with Gasteiger partial charge in [-0.05, 0) is 56.8 Å². The van der Waals surface area contributed by atoms with E-state index < -0.39 is 108 Å². The molecule has 29 heteroatoms. The Balaban J connectivity index is 5.94. The normalized spacial score (nSPS) is 14.6. The van der Waals surface area contributed by atoms with E-state index in [4.69, 9.17) is 39.8 Å². The standard InChI is InChI=1S/C34H63F13O13Si3/c1-48-61(49-2,50-3)20-11-10-15-28(17-13-21-62(51-4,52-5)53-6,18-14-22-63(54-7,55-8)56-9)16-12-19-29(35,36)24-57-26-32(41,42)59-31(39,40)23-30(37,38)25-58-27-33(43,44)60-34(45,46)47/h10-27H2,1-9H3. The van der Waals surface area contributed by atoms with Crippen molar-refractivity contribution >= 4 is 26.4 Å². The molecule has 0 rings (SSSR count). The molecule has 0 aromatic heterocycles. The third-order valence-electron chi connectivity index (χ3n) is 10.1. The summed E-state index contributed by atoms with van der Waals surface area (Å²) in [5, 5.41) is 0. The van der Waals surface area contributed by atoms with Gasteiger partial charge in [-0.1, -0.05) is 6.42 Å². The number of unbranched alkanes of at least 4 members (excludes halogenated alkanes) is 1. The molecule has 0 spiro atoms. The summed E-state index contributed by atoms with van der Waals surface area (Å²) >= 11 is 0. The number of rotatable bonds is 39. The van der Waals surface area contributed by atoms with Crippen LogP contribution in [0.5, 0.6) is 0 Å². The van der Waals surface area contributed by atoms with Gasteiger partial charge in [0, 0.05) is 88.5 Å². The van der Waals surface area contributed by atoms with Crippen LogP contribution < -0.4 is 0 Å². The van der Waals surface area contributed by atoms with Gasteiger partial charge >= 0.3 is 51.1 Å². The Morgan fingerprint density at radius 3 is 1.05 bits per heavy atom. The molecule has 380 valence electrons. The van der Waals surface area contributed by atoms with Crippen LogP contribution >= 0.6 is 0 Å². The Hall–Kier alpha value is -0.779. The summed E-state index contributed by atoms with van der Waals surface area (Å²) in [6.07, 6.45) is -21.9. The lowest BCUT2D eigenvalue weighted by Crippen LogP contribution is -2.43. The van der Waals surface area contributed by atoms with Crippen LogP contribution in [0.2, 0.25) is 18.1 Å². The molecule has 0 aliphatic rings. The molecule has 0 aliphatic heterocycles. The molecule has 0 fully saturated rings. The van der Waals surface area contributed by atoms with E-state index in [1.165, 1.54) is 64.0 Å². The van der Waals surface area contributed by atoms with Gasteiger partial charge < -0.3 is 49.3 Å². The van der Waals surface area contributed by atoms with Crippen molar-refractivity contribution in [2.45, 2.75) is 125 Å². The van der Waals surface area contributed by atoms with Crippen molar-refractivity contribution in [3.8, 4) is 0 Å². The predicted octanol–water partition coefficient (Wildman–Crippen LogP) is 9.53. The highest BCUT2D eigenvalue weighted by Gasteiger charge is 2.52. The van der Waals surface area contributed by atoms with Gasteiger partial charge in [-0.15, -0.1) is 13.2 Å². The molecule has 13 nitrogen and oxygen atoms in total. The molecule has 0 aliphatic carbocycles. The van der Waals surface area contributed by atoms with Gasteiger partial charge in [0.05, 0.1) is 0 Å². The van der Waals surface area contributed by atoms with Crippen molar-refractivity contribution in [3.05, 3.63) is 0 Å². The number of hydrogen-bond acceptors (Lipinski definition) is 13. The van der Waals surface area contributed by atoms with Crippen LogP contribution in [0, 0.1) is 5.41 Å². The van der Waals surface area contributed by atoms with Crippen LogP contribution in [0.25, 0.3) is 0 Å². The van der Waals surface area contributed by atoms with Gasteiger partial charge in [0.2, 0.25) is 0 Å². The Kier molecular flexibility index (Phi) is 26.9. The second kappa shape index (κ2) is 27.3. The Morgan fingerprint density at radius 1 is 0.333 bits per heavy atom. The highest BCUT2D eigenvalue weighted by Crippen LogP contribution is 2.44. The third-order valence-corrected chi connectivity index (χ3v) is 18.6. The van der Waals surface area contributed by atoms with E-state index in [1.807, 2.05) is 0 Å². The Labute approximate surface area is 363 Å². The molecule has 0 amide bonds. The van der Waals surface area contributed by atoms with Gasteiger partial charge in [-0.3, -0.25) is 4.74 Å². The highest BCUT2D eigenvalue weighted by atomic mass is 28.4. The van der Waals surface area contributed by atoms with Gasteiger partial charge in [-0.2, -0.15) is 26.3 Å². The molecule has 0 unspecified atom stereocenters. The first-order valence-corrected chi connectivity index (χ1v) is 25.2. The van der Waals surface area contributed by atoms with Crippen molar-refractivity contribution in [2.24, 2.45) is 5.41 Å². The molecule has 0 radical (unpaired) electrons. The molecule has 0 saturated carbocycles. The molecule has 0 atom stereocenters. The first-order valence-electron chi connectivity index (χ1n) is 19.4. The van der Waals surface area contributed by atoms with E-state index in [2.05, 4.69) is 18.9 Å². The SMILES string of the molecule is CO[Si](CCCCC(CCCC(F)(F)COCC(F)(F)OC(F)(F)CC(F)(F)COCC(F)(F)OC(F)(F)F)(CCC[Si](OC)(OC)OC)CCC[Si](OC)(OC)OC)(OC)OC. The van der Waals surface area contributed by atoms with Crippen molar-refractivity contribution < 1.29 is 116 Å². The molecule has 0 aromatic rings. The lowest BCUT2D eigenvalue weighted by molar-refractivity contribution is -0.432. The van der Waals surface area contributed by atoms with Crippen LogP contribution in [-0.4, -0.2) is 153 Å². The number of hydrogen-bond donors (Lipinski definition) is 0. The summed E-state index contributed by atoms with van der Waals surface area (Å²) in [5.41, 5.74) is -0.629. The van der Waals surface area contributed by atoms with E-state index in [0.717, 1.165) is 0 Å². The van der Waals surface area contributed by atoms with Crippen molar-refractivity contribution in [2.75, 3.05) is 90.4 Å². The molecule has 0 bridgehead atoms. The number of ether oxygens (including phenoxy) is 4. The van der Waals surface area contributed by atoms with Crippen molar-refractivity contribution in [1.29, 1.82) is 0 Å². The lowest BCUT2D eigenvalue weighted by atomic mass is 9.71. The zero-order valence-electron chi connectivity index (χ0n) is 36.9. The van der Waals surface area contributed by atoms with Gasteiger partial charge in [-0.25, -0.2) is 22.3 Å². The molecular formula is C34H63F13O13Si3. The minimum absolute atomic E-state index is 0.178. The van der Waals surface area contributed by atoms with Crippen LogP contribution in [0.4, 0.5) is 57.1 Å². The Morgan fingerprint density at radius 2 is 0.667 bits per heavy atom. The third kappa shape index (κ3) is 24.7. The molecule has 63 heavy (non-hydrogen) atoms. The fourth-order valence-corrected chi connectivity index (χ4v) is 12.1. The average Bonchev–Trinajstić information content (AvgIpc) is 3.16. The maximum Gasteiger partial charge on any atom is 0.527 e. The second-order valence-corrected chi connectivity index (χ2v) is 23.9. The zero-order valence-corrected chi connectivity index (χ0v) is 39.9. The van der Waals surface area contributed by atoms with Gasteiger partial charge in [0.1, 0.15) is 32.8 Å². The van der Waals surface area contributed by atoms with Gasteiger partial charge in [0.25, 0.3) is 11.8 Å². The van der Waals surface area contributed by atoms with E-state index >= 15 is 8.78 Å². The lowest BCUT2D eigenvalue weighted by Gasteiger charge is -2.37. The van der Waals surface area contributed by atoms with E-state index in [-0.39, 0.29) is 12.8 Å². The Bertz CT molecular complexity index is 1190. The monoisotopic (exact) mass is 1010 g/mol. The average molecular weight is 1010 g/mol. The summed E-state index contributed by atoms with van der Waals surface area (Å²) in [6, 6.07) is 1.20. The van der Waals surface area contributed by atoms with Crippen molar-refractivity contribution in [3.63, 3.8) is 0 Å². The minimum atomic E-state index is -5.92. The summed E-state index contributed by atoms with van der Waals surface area (Å²) in [4.78, 5) is 0.